The van der Waals surface area contributed by atoms with Crippen molar-refractivity contribution in [1.29, 1.82) is 0 Å². The zero-order valence-electron chi connectivity index (χ0n) is 12.3. The summed E-state index contributed by atoms with van der Waals surface area (Å²) in [5, 5.41) is 0. The summed E-state index contributed by atoms with van der Waals surface area (Å²) in [6.07, 6.45) is 2.93. The van der Waals surface area contributed by atoms with E-state index in [9.17, 15) is 0 Å². The molecule has 1 aliphatic carbocycles. The van der Waals surface area contributed by atoms with Gasteiger partial charge in [0.05, 0.1) is 11.1 Å². The van der Waals surface area contributed by atoms with Crippen LogP contribution >= 0.6 is 0 Å². The molecule has 3 heteroatoms. The second kappa shape index (κ2) is 4.42. The normalized spacial score (nSPS) is 23.2. The van der Waals surface area contributed by atoms with Gasteiger partial charge in [0.15, 0.2) is 5.90 Å². The predicted octanol–water partition coefficient (Wildman–Crippen LogP) is 3.45. The van der Waals surface area contributed by atoms with Crippen molar-refractivity contribution in [2.45, 2.75) is 37.8 Å². The van der Waals surface area contributed by atoms with E-state index in [0.717, 1.165) is 18.0 Å². The predicted molar refractivity (Wildman–Crippen MR) is 82.5 cm³/mol. The molecule has 1 aliphatic heterocycles. The molecule has 21 heavy (non-hydrogen) atoms. The molecule has 2 atom stereocenters. The lowest BCUT2D eigenvalue weighted by atomic mass is 9.88. The molecule has 0 saturated heterocycles. The Labute approximate surface area is 124 Å². The second-order valence-corrected chi connectivity index (χ2v) is 6.28. The van der Waals surface area contributed by atoms with Crippen molar-refractivity contribution in [3.05, 3.63) is 65.5 Å². The molecule has 2 aliphatic rings. The van der Waals surface area contributed by atoms with Gasteiger partial charge in [-0.05, 0) is 37.1 Å². The monoisotopic (exact) mass is 278 g/mol. The van der Waals surface area contributed by atoms with Crippen molar-refractivity contribution < 1.29 is 4.74 Å². The van der Waals surface area contributed by atoms with E-state index in [-0.39, 0.29) is 17.6 Å². The van der Waals surface area contributed by atoms with Crippen molar-refractivity contribution in [1.82, 2.24) is 4.98 Å². The Morgan fingerprint density at radius 2 is 1.90 bits per heavy atom. The zero-order chi connectivity index (χ0) is 14.4. The molecule has 0 saturated carbocycles. The minimum atomic E-state index is -0.291. The fourth-order valence-electron chi connectivity index (χ4n) is 3.25. The number of nitrogens with zero attached hydrogens (tertiary/aromatic N) is 2. The molecule has 4 rings (SSSR count). The Hall–Kier alpha value is -2.16. The van der Waals surface area contributed by atoms with Gasteiger partial charge >= 0.3 is 0 Å². The van der Waals surface area contributed by atoms with Crippen molar-refractivity contribution in [3.8, 4) is 0 Å². The molecule has 2 unspecified atom stereocenters. The molecule has 0 radical (unpaired) electrons. The van der Waals surface area contributed by atoms with E-state index in [1.54, 1.807) is 0 Å². The number of benzene rings is 1. The Morgan fingerprint density at radius 1 is 1.10 bits per heavy atom. The van der Waals surface area contributed by atoms with Gasteiger partial charge in [0, 0.05) is 12.6 Å². The van der Waals surface area contributed by atoms with E-state index < -0.39 is 0 Å². The van der Waals surface area contributed by atoms with E-state index in [1.807, 2.05) is 24.4 Å². The number of ether oxygens (including phenoxy) is 1. The lowest BCUT2D eigenvalue weighted by molar-refractivity contribution is 0.191. The van der Waals surface area contributed by atoms with E-state index in [2.05, 4.69) is 43.1 Å². The average Bonchev–Trinajstić information content (AvgIpc) is 3.06. The summed E-state index contributed by atoms with van der Waals surface area (Å²) in [7, 11) is 0. The standard InChI is InChI=1S/C18H18N2O/c1-18(2,15-9-5-6-10-19-15)17-20-16-13-8-4-3-7-12(13)11-14(16)21-17/h3-10,14,16H,11H2,1-2H3. The molecule has 3 nitrogen and oxygen atoms in total. The number of rotatable bonds is 2. The molecule has 0 bridgehead atoms. The van der Waals surface area contributed by atoms with Gasteiger partial charge in [-0.3, -0.25) is 4.98 Å². The largest absolute Gasteiger partial charge is 0.474 e. The lowest BCUT2D eigenvalue weighted by Gasteiger charge is -2.24. The first-order chi connectivity index (χ1) is 10.2. The topological polar surface area (TPSA) is 34.5 Å². The molecule has 0 spiro atoms. The summed E-state index contributed by atoms with van der Waals surface area (Å²) in [5.41, 5.74) is 3.39. The van der Waals surface area contributed by atoms with Gasteiger partial charge < -0.3 is 4.74 Å². The maximum atomic E-state index is 6.20. The average molecular weight is 278 g/mol. The van der Waals surface area contributed by atoms with E-state index in [0.29, 0.717) is 0 Å². The zero-order valence-corrected chi connectivity index (χ0v) is 12.3. The minimum Gasteiger partial charge on any atom is -0.474 e. The van der Waals surface area contributed by atoms with Crippen molar-refractivity contribution >= 4 is 5.90 Å². The number of hydrogen-bond acceptors (Lipinski definition) is 3. The summed E-state index contributed by atoms with van der Waals surface area (Å²) in [5.74, 6) is 0.811. The molecule has 2 aromatic rings. The number of pyridine rings is 1. The third-order valence-corrected chi connectivity index (χ3v) is 4.51. The van der Waals surface area contributed by atoms with Gasteiger partial charge in [-0.15, -0.1) is 0 Å². The van der Waals surface area contributed by atoms with E-state index >= 15 is 0 Å². The van der Waals surface area contributed by atoms with Crippen LogP contribution in [0.4, 0.5) is 0 Å². The lowest BCUT2D eigenvalue weighted by Crippen LogP contribution is -2.32. The SMILES string of the molecule is CC(C)(C1=NC2c3ccccc3CC2O1)c1ccccn1. The maximum Gasteiger partial charge on any atom is 0.196 e. The van der Waals surface area contributed by atoms with Crippen LogP contribution in [0.3, 0.4) is 0 Å². The third-order valence-electron chi connectivity index (χ3n) is 4.51. The number of aromatic nitrogens is 1. The number of hydrogen-bond donors (Lipinski definition) is 0. The van der Waals surface area contributed by atoms with Gasteiger partial charge in [0.25, 0.3) is 0 Å². The van der Waals surface area contributed by atoms with E-state index in [4.69, 9.17) is 9.73 Å². The Morgan fingerprint density at radius 3 is 2.71 bits per heavy atom. The van der Waals surface area contributed by atoms with Crippen molar-refractivity contribution in [2.75, 3.05) is 0 Å². The summed E-state index contributed by atoms with van der Waals surface area (Å²) in [6.45, 7) is 4.25. The second-order valence-electron chi connectivity index (χ2n) is 6.28. The summed E-state index contributed by atoms with van der Waals surface area (Å²) in [6, 6.07) is 14.6. The molecular formula is C18H18N2O. The Balaban J connectivity index is 1.70. The van der Waals surface area contributed by atoms with Crippen molar-refractivity contribution in [2.24, 2.45) is 4.99 Å². The van der Waals surface area contributed by atoms with Crippen LogP contribution in [0.1, 0.15) is 36.7 Å². The smallest absolute Gasteiger partial charge is 0.196 e. The summed E-state index contributed by atoms with van der Waals surface area (Å²) >= 11 is 0. The van der Waals surface area contributed by atoms with Crippen LogP contribution in [0.15, 0.2) is 53.7 Å². The van der Waals surface area contributed by atoms with Gasteiger partial charge in [-0.2, -0.15) is 0 Å². The van der Waals surface area contributed by atoms with Crippen LogP contribution in [-0.2, 0) is 16.6 Å². The van der Waals surface area contributed by atoms with Gasteiger partial charge in [-0.25, -0.2) is 4.99 Å². The van der Waals surface area contributed by atoms with Gasteiger partial charge in [0.2, 0.25) is 0 Å². The molecule has 2 heterocycles. The fourth-order valence-corrected chi connectivity index (χ4v) is 3.25. The van der Waals surface area contributed by atoms with Crippen LogP contribution < -0.4 is 0 Å². The third kappa shape index (κ3) is 1.88. The highest BCUT2D eigenvalue weighted by atomic mass is 16.5. The summed E-state index contributed by atoms with van der Waals surface area (Å²) in [4.78, 5) is 9.37. The molecule has 1 aromatic heterocycles. The highest BCUT2D eigenvalue weighted by Crippen LogP contribution is 2.42. The molecular weight excluding hydrogens is 260 g/mol. The molecule has 0 amide bonds. The number of fused-ring (bicyclic) bond motifs is 3. The highest BCUT2D eigenvalue weighted by molar-refractivity contribution is 5.88. The van der Waals surface area contributed by atoms with Crippen LogP contribution in [0.2, 0.25) is 0 Å². The van der Waals surface area contributed by atoms with Crippen LogP contribution in [0.25, 0.3) is 0 Å². The van der Waals surface area contributed by atoms with E-state index in [1.165, 1.54) is 11.1 Å². The molecule has 0 fully saturated rings. The Bertz CT molecular complexity index is 706. The first-order valence-electron chi connectivity index (χ1n) is 7.40. The highest BCUT2D eigenvalue weighted by Gasteiger charge is 2.44. The van der Waals surface area contributed by atoms with Gasteiger partial charge in [-0.1, -0.05) is 30.3 Å². The molecule has 106 valence electrons. The fraction of sp³-hybridized carbons (Fsp3) is 0.333. The minimum absolute atomic E-state index is 0.152. The Kier molecular flexibility index (Phi) is 2.64. The van der Waals surface area contributed by atoms with Crippen molar-refractivity contribution in [3.63, 3.8) is 0 Å². The first kappa shape index (κ1) is 12.6. The summed E-state index contributed by atoms with van der Waals surface area (Å²) < 4.78 is 6.20. The quantitative estimate of drug-likeness (QED) is 0.843. The van der Waals surface area contributed by atoms with Crippen LogP contribution in [0.5, 0.6) is 0 Å². The van der Waals surface area contributed by atoms with Crippen LogP contribution in [-0.4, -0.2) is 17.0 Å². The maximum absolute atomic E-state index is 6.20. The first-order valence-corrected chi connectivity index (χ1v) is 7.40. The van der Waals surface area contributed by atoms with Crippen LogP contribution in [0, 0.1) is 0 Å². The molecule has 0 N–H and O–H groups in total. The van der Waals surface area contributed by atoms with Gasteiger partial charge in [0.1, 0.15) is 12.1 Å². The number of aliphatic imine (C=N–C) groups is 1. The molecule has 1 aromatic carbocycles.